The van der Waals surface area contributed by atoms with Crippen molar-refractivity contribution in [1.29, 1.82) is 0 Å². The fourth-order valence-electron chi connectivity index (χ4n) is 12.7. The van der Waals surface area contributed by atoms with E-state index in [9.17, 15) is 0 Å². The lowest BCUT2D eigenvalue weighted by molar-refractivity contribution is 0.332. The minimum Gasteiger partial charge on any atom is -0.456 e. The van der Waals surface area contributed by atoms with Crippen LogP contribution in [-0.4, -0.2) is 11.4 Å². The maximum Gasteiger partial charge on any atom is 0.333 e. The summed E-state index contributed by atoms with van der Waals surface area (Å²) in [4.78, 5) is 2.71. The number of para-hydroxylation sites is 1. The Kier molecular flexibility index (Phi) is 7.08. The Balaban J connectivity index is 1.20. The topological polar surface area (TPSA) is 21.3 Å². The third-order valence-corrected chi connectivity index (χ3v) is 18.5. The summed E-state index contributed by atoms with van der Waals surface area (Å²) in [5, 5.41) is 10.4. The molecule has 6 heteroatoms. The van der Waals surface area contributed by atoms with Crippen LogP contribution in [0.25, 0.3) is 101 Å². The molecule has 318 valence electrons. The average molecular weight is 887 g/mol. The number of nitrogens with zero attached hydrogens (tertiary/aromatic N) is 2. The Bertz CT molecular complexity index is 4170. The van der Waals surface area contributed by atoms with Gasteiger partial charge in [0.05, 0.1) is 11.0 Å². The Morgan fingerprint density at radius 3 is 2.02 bits per heavy atom. The molecule has 0 N–H and O–H groups in total. The van der Waals surface area contributed by atoms with E-state index < -0.39 is 0 Å². The minimum absolute atomic E-state index is 0.0247. The van der Waals surface area contributed by atoms with Gasteiger partial charge in [-0.1, -0.05) is 121 Å². The Hall–Kier alpha value is -6.34. The van der Waals surface area contributed by atoms with Crippen LogP contribution in [0.3, 0.4) is 0 Å². The first-order chi connectivity index (χ1) is 31.8. The lowest BCUT2D eigenvalue weighted by Crippen LogP contribution is -2.60. The number of thiophene rings is 2. The third kappa shape index (κ3) is 4.74. The quantitative estimate of drug-likeness (QED) is 0.153. The Morgan fingerprint density at radius 2 is 1.26 bits per heavy atom. The molecule has 0 unspecified atom stereocenters. The molecule has 6 heterocycles. The van der Waals surface area contributed by atoms with Gasteiger partial charge in [-0.25, -0.2) is 0 Å². The van der Waals surface area contributed by atoms with Crippen LogP contribution < -0.4 is 15.7 Å². The monoisotopic (exact) mass is 886 g/mol. The molecular formula is C60H47BN2OS2. The smallest absolute Gasteiger partial charge is 0.333 e. The van der Waals surface area contributed by atoms with E-state index in [1.54, 1.807) is 0 Å². The molecule has 12 aromatic rings. The van der Waals surface area contributed by atoms with Gasteiger partial charge >= 0.3 is 6.85 Å². The van der Waals surface area contributed by atoms with Crippen LogP contribution in [0.2, 0.25) is 0 Å². The highest BCUT2D eigenvalue weighted by Gasteiger charge is 2.47. The van der Waals surface area contributed by atoms with Gasteiger partial charge in [-0.15, -0.1) is 22.7 Å². The van der Waals surface area contributed by atoms with E-state index in [1.165, 1.54) is 131 Å². The molecule has 4 aromatic heterocycles. The van der Waals surface area contributed by atoms with Gasteiger partial charge in [-0.2, -0.15) is 0 Å². The maximum atomic E-state index is 6.82. The van der Waals surface area contributed by atoms with Crippen LogP contribution in [0, 0.1) is 0 Å². The molecule has 66 heavy (non-hydrogen) atoms. The van der Waals surface area contributed by atoms with Crippen molar-refractivity contribution in [2.75, 3.05) is 4.81 Å². The van der Waals surface area contributed by atoms with Gasteiger partial charge in [-0.05, 0) is 123 Å². The summed E-state index contributed by atoms with van der Waals surface area (Å²) in [6.07, 6.45) is 2.35. The Labute approximate surface area is 392 Å². The fraction of sp³-hybridized carbons (Fsp3) is 0.200. The molecule has 0 radical (unpaired) electrons. The van der Waals surface area contributed by atoms with Gasteiger partial charge in [-0.3, -0.25) is 0 Å². The molecule has 0 amide bonds. The van der Waals surface area contributed by atoms with Crippen LogP contribution >= 0.6 is 22.7 Å². The molecule has 0 saturated heterocycles. The second kappa shape index (κ2) is 12.4. The van der Waals surface area contributed by atoms with Crippen LogP contribution in [0.15, 0.2) is 138 Å². The molecule has 0 fully saturated rings. The number of furan rings is 1. The molecule has 0 spiro atoms. The summed E-state index contributed by atoms with van der Waals surface area (Å²) >= 11 is 3.90. The molecule has 2 aliphatic heterocycles. The van der Waals surface area contributed by atoms with Crippen LogP contribution in [-0.2, 0) is 16.2 Å². The summed E-state index contributed by atoms with van der Waals surface area (Å²) in [7, 11) is 0. The number of fused-ring (bicyclic) bond motifs is 20. The van der Waals surface area contributed by atoms with Crippen LogP contribution in [0.4, 0.5) is 11.4 Å². The second-order valence-corrected chi connectivity index (χ2v) is 24.0. The number of hydrogen-bond donors (Lipinski definition) is 0. The normalized spacial score (nSPS) is 16.2. The van der Waals surface area contributed by atoms with Crippen molar-refractivity contribution in [3.05, 3.63) is 150 Å². The average Bonchev–Trinajstić information content (AvgIpc) is 4.07. The lowest BCUT2D eigenvalue weighted by atomic mass is 9.43. The lowest BCUT2D eigenvalue weighted by Gasteiger charge is -2.42. The largest absolute Gasteiger partial charge is 0.456 e. The van der Waals surface area contributed by atoms with Crippen molar-refractivity contribution in [2.24, 2.45) is 0 Å². The van der Waals surface area contributed by atoms with Gasteiger partial charge in [0.2, 0.25) is 0 Å². The molecule has 15 rings (SSSR count). The predicted octanol–water partition coefficient (Wildman–Crippen LogP) is 16.3. The van der Waals surface area contributed by atoms with Crippen molar-refractivity contribution in [2.45, 2.75) is 77.6 Å². The number of rotatable bonds is 1. The molecule has 0 bridgehead atoms. The highest BCUT2D eigenvalue weighted by Crippen LogP contribution is 2.56. The summed E-state index contributed by atoms with van der Waals surface area (Å²) in [5.74, 6) is 0. The summed E-state index contributed by atoms with van der Waals surface area (Å²) in [5.41, 5.74) is 18.0. The molecule has 3 aliphatic rings. The van der Waals surface area contributed by atoms with Crippen LogP contribution in [0.1, 0.15) is 78.0 Å². The first-order valence-corrected chi connectivity index (χ1v) is 25.3. The van der Waals surface area contributed by atoms with E-state index in [0.29, 0.717) is 0 Å². The maximum absolute atomic E-state index is 6.82. The van der Waals surface area contributed by atoms with Gasteiger partial charge in [0, 0.05) is 84.5 Å². The highest BCUT2D eigenvalue weighted by molar-refractivity contribution is 7.27. The second-order valence-electron chi connectivity index (χ2n) is 21.9. The van der Waals surface area contributed by atoms with Crippen molar-refractivity contribution in [1.82, 2.24) is 4.57 Å². The van der Waals surface area contributed by atoms with E-state index in [0.717, 1.165) is 21.9 Å². The fourth-order valence-corrected chi connectivity index (χ4v) is 15.1. The van der Waals surface area contributed by atoms with Gasteiger partial charge in [0.15, 0.2) is 0 Å². The third-order valence-electron chi connectivity index (χ3n) is 16.2. The number of anilines is 2. The number of aromatic nitrogens is 1. The molecule has 8 aromatic carbocycles. The Morgan fingerprint density at radius 1 is 0.576 bits per heavy atom. The molecular weight excluding hydrogens is 840 g/mol. The predicted molar refractivity (Wildman–Crippen MR) is 287 cm³/mol. The molecule has 1 aliphatic carbocycles. The minimum atomic E-state index is -0.119. The molecule has 0 saturated carbocycles. The number of hydrogen-bond acceptors (Lipinski definition) is 4. The van der Waals surface area contributed by atoms with E-state index in [-0.39, 0.29) is 23.1 Å². The summed E-state index contributed by atoms with van der Waals surface area (Å²) < 4.78 is 14.9. The van der Waals surface area contributed by atoms with E-state index >= 15 is 0 Å². The zero-order valence-corrected chi connectivity index (χ0v) is 39.9. The molecule has 3 nitrogen and oxygen atoms in total. The van der Waals surface area contributed by atoms with E-state index in [2.05, 4.69) is 191 Å². The van der Waals surface area contributed by atoms with Gasteiger partial charge in [0.25, 0.3) is 0 Å². The first-order valence-electron chi connectivity index (χ1n) is 23.7. The zero-order valence-electron chi connectivity index (χ0n) is 38.3. The SMILES string of the molecule is CC(C)(C)c1ccc(N2B3c4cc5c(cc4-n4c6cc7c(cc6c6c8sc9ccccc9c8c(c3c64)-c3cc4oc6ccccc6c4cc32)C(C)(C)CCC7(C)C)sc2ccccc25)cc1. The van der Waals surface area contributed by atoms with Crippen molar-refractivity contribution in [3.63, 3.8) is 0 Å². The van der Waals surface area contributed by atoms with E-state index in [1.807, 2.05) is 22.7 Å². The molecule has 0 atom stereocenters. The zero-order chi connectivity index (χ0) is 44.3. The first kappa shape index (κ1) is 37.8. The number of benzene rings is 8. The highest BCUT2D eigenvalue weighted by atomic mass is 32.1. The van der Waals surface area contributed by atoms with Gasteiger partial charge in [0.1, 0.15) is 11.2 Å². The van der Waals surface area contributed by atoms with Crippen molar-refractivity contribution < 1.29 is 4.42 Å². The standard InChI is InChI=1S/C60H47BN2OS2/c1-58(2,3)32-20-22-33(23-21-32)63-45-28-37-34-14-8-11-17-47(34)64-48(37)29-40(45)52-53-36-16-10-13-19-50(36)66-57(53)54-39-26-41-42(60(6,7)25-24-59(41,4)5)30-44(39)62-46-31-51-38(35-15-9-12-18-49(35)65-51)27-43(46)61(63)55(52)56(54)62/h8-23,26-31H,24-25H2,1-7H3. The summed E-state index contributed by atoms with van der Waals surface area (Å²) in [6, 6.07) is 51.5. The van der Waals surface area contributed by atoms with E-state index in [4.69, 9.17) is 4.42 Å². The van der Waals surface area contributed by atoms with Gasteiger partial charge < -0.3 is 13.8 Å². The summed E-state index contributed by atoms with van der Waals surface area (Å²) in [6.45, 7) is 16.7. The van der Waals surface area contributed by atoms with Crippen LogP contribution in [0.5, 0.6) is 0 Å². The van der Waals surface area contributed by atoms with Crippen molar-refractivity contribution >= 4 is 136 Å². The van der Waals surface area contributed by atoms with Crippen molar-refractivity contribution in [3.8, 4) is 16.8 Å².